The Morgan fingerprint density at radius 1 is 0.947 bits per heavy atom. The monoisotopic (exact) mass is 548 g/mol. The number of aliphatic carboxylic acids is 2. The number of imidazole rings is 1. The number of carbonyl (C=O) groups is 2. The average Bonchev–Trinajstić information content (AvgIpc) is 3.26. The van der Waals surface area contributed by atoms with Gasteiger partial charge in [0.05, 0.1) is 18.8 Å². The van der Waals surface area contributed by atoms with Gasteiger partial charge in [-0.3, -0.25) is 9.88 Å². The zero-order chi connectivity index (χ0) is 28.3. The molecule has 3 aromatic rings. The van der Waals surface area contributed by atoms with Crippen molar-refractivity contribution in [3.8, 4) is 0 Å². The van der Waals surface area contributed by atoms with Crippen molar-refractivity contribution in [2.45, 2.75) is 38.5 Å². The van der Waals surface area contributed by atoms with Crippen LogP contribution in [0.3, 0.4) is 0 Å². The Morgan fingerprint density at radius 3 is 2.13 bits per heavy atom. The maximum absolute atomic E-state index is 10.6. The van der Waals surface area contributed by atoms with E-state index >= 15 is 0 Å². The summed E-state index contributed by atoms with van der Waals surface area (Å²) in [5.74, 6) is -3.51. The smallest absolute Gasteiger partial charge is 0.475 e. The predicted molar refractivity (Wildman–Crippen MR) is 120 cm³/mol. The third-order valence-corrected chi connectivity index (χ3v) is 4.66. The zero-order valence-electron chi connectivity index (χ0n) is 19.4. The number of fused-ring (bicyclic) bond motifs is 1. The molecular formula is C22H22F6N6O4. The van der Waals surface area contributed by atoms with E-state index in [0.717, 1.165) is 43.5 Å². The van der Waals surface area contributed by atoms with Crippen molar-refractivity contribution in [3.05, 3.63) is 72.2 Å². The van der Waals surface area contributed by atoms with E-state index in [9.17, 15) is 26.3 Å². The molecule has 0 saturated heterocycles. The molecule has 3 N–H and O–H groups in total. The molecule has 0 bridgehead atoms. The summed E-state index contributed by atoms with van der Waals surface area (Å²) in [6, 6.07) is 9.96. The van der Waals surface area contributed by atoms with Gasteiger partial charge >= 0.3 is 24.3 Å². The Bertz CT molecular complexity index is 1150. The number of hydrogen-bond donors (Lipinski definition) is 3. The first-order chi connectivity index (χ1) is 17.8. The van der Waals surface area contributed by atoms with E-state index < -0.39 is 24.3 Å². The van der Waals surface area contributed by atoms with Crippen molar-refractivity contribution in [1.82, 2.24) is 24.4 Å². The fraction of sp³-hybridized carbons (Fsp3) is 0.318. The summed E-state index contributed by atoms with van der Waals surface area (Å²) in [4.78, 5) is 33.4. The number of pyridine rings is 2. The highest BCUT2D eigenvalue weighted by atomic mass is 19.4. The molecule has 0 atom stereocenters. The van der Waals surface area contributed by atoms with Gasteiger partial charge in [-0.05, 0) is 23.8 Å². The summed E-state index contributed by atoms with van der Waals surface area (Å²) in [7, 11) is 0. The molecule has 0 unspecified atom stereocenters. The molecule has 0 fully saturated rings. The number of carboxylic acid groups (broad SMARTS) is 2. The molecule has 0 aliphatic carbocycles. The Morgan fingerprint density at radius 2 is 1.61 bits per heavy atom. The predicted octanol–water partition coefficient (Wildman–Crippen LogP) is 3.57. The SMILES string of the molecule is O=C(O)C(F)(F)F.O=C(O)C(F)(F)F.c1ccc(NCc2cn3c(n2)CN(Cc2cccnc2)CC3)nc1. The first-order valence-corrected chi connectivity index (χ1v) is 10.7. The second-order valence-corrected chi connectivity index (χ2v) is 7.59. The van der Waals surface area contributed by atoms with Crippen LogP contribution in [0.4, 0.5) is 32.2 Å². The lowest BCUT2D eigenvalue weighted by molar-refractivity contribution is -0.193. The van der Waals surface area contributed by atoms with Crippen LogP contribution in [-0.2, 0) is 35.8 Å². The molecule has 0 radical (unpaired) electrons. The van der Waals surface area contributed by atoms with Crippen LogP contribution in [0.25, 0.3) is 0 Å². The molecule has 3 aromatic heterocycles. The molecule has 206 valence electrons. The lowest BCUT2D eigenvalue weighted by atomic mass is 10.2. The molecule has 10 nitrogen and oxygen atoms in total. The van der Waals surface area contributed by atoms with Crippen molar-refractivity contribution in [2.75, 3.05) is 11.9 Å². The highest BCUT2D eigenvalue weighted by Gasteiger charge is 2.38. The molecule has 0 aromatic carbocycles. The number of anilines is 1. The third kappa shape index (κ3) is 10.4. The van der Waals surface area contributed by atoms with Gasteiger partial charge in [0.15, 0.2) is 0 Å². The summed E-state index contributed by atoms with van der Waals surface area (Å²) < 4.78 is 65.7. The number of halogens is 6. The van der Waals surface area contributed by atoms with Gasteiger partial charge in [-0.1, -0.05) is 12.1 Å². The van der Waals surface area contributed by atoms with Crippen LogP contribution in [0.1, 0.15) is 17.1 Å². The Balaban J connectivity index is 0.000000301. The van der Waals surface area contributed by atoms with Crippen LogP contribution < -0.4 is 5.32 Å². The maximum Gasteiger partial charge on any atom is 0.490 e. The average molecular weight is 548 g/mol. The van der Waals surface area contributed by atoms with E-state index in [1.165, 1.54) is 5.56 Å². The van der Waals surface area contributed by atoms with Crippen LogP contribution in [0.2, 0.25) is 0 Å². The van der Waals surface area contributed by atoms with Crippen molar-refractivity contribution < 1.29 is 46.1 Å². The standard InChI is InChI=1S/C18H20N6.2C2HF3O2/c1-2-7-20-17(5-1)21-11-16-13-24-9-8-23(14-18(24)22-16)12-15-4-3-6-19-10-15;2*3-2(4,5)1(6)7/h1-7,10,13H,8-9,11-12,14H2,(H,20,21);2*(H,6,7). The first-order valence-electron chi connectivity index (χ1n) is 10.7. The van der Waals surface area contributed by atoms with Crippen molar-refractivity contribution in [1.29, 1.82) is 0 Å². The number of nitrogens with one attached hydrogen (secondary N) is 1. The minimum atomic E-state index is -5.08. The van der Waals surface area contributed by atoms with Crippen molar-refractivity contribution >= 4 is 17.8 Å². The summed E-state index contributed by atoms with van der Waals surface area (Å²) in [6.07, 6.45) is -2.49. The van der Waals surface area contributed by atoms with Gasteiger partial charge in [0.2, 0.25) is 0 Å². The van der Waals surface area contributed by atoms with Gasteiger partial charge in [0.25, 0.3) is 0 Å². The minimum absolute atomic E-state index is 0.694. The maximum atomic E-state index is 10.6. The van der Waals surface area contributed by atoms with E-state index in [0.29, 0.717) is 6.54 Å². The van der Waals surface area contributed by atoms with Gasteiger partial charge in [0.1, 0.15) is 11.6 Å². The summed E-state index contributed by atoms with van der Waals surface area (Å²) >= 11 is 0. The number of rotatable bonds is 5. The molecule has 0 spiro atoms. The molecule has 4 rings (SSSR count). The van der Waals surface area contributed by atoms with Crippen LogP contribution in [0, 0.1) is 0 Å². The van der Waals surface area contributed by atoms with E-state index in [2.05, 4.69) is 37.0 Å². The number of alkyl halides is 6. The third-order valence-electron chi connectivity index (χ3n) is 4.66. The van der Waals surface area contributed by atoms with Gasteiger partial charge < -0.3 is 20.1 Å². The Kier molecular flexibility index (Phi) is 10.6. The highest BCUT2D eigenvalue weighted by Crippen LogP contribution is 2.16. The van der Waals surface area contributed by atoms with Gasteiger partial charge in [0, 0.05) is 44.4 Å². The minimum Gasteiger partial charge on any atom is -0.475 e. The molecule has 4 heterocycles. The summed E-state index contributed by atoms with van der Waals surface area (Å²) in [5.41, 5.74) is 2.30. The first kappa shape index (κ1) is 30.0. The van der Waals surface area contributed by atoms with Crippen molar-refractivity contribution in [2.24, 2.45) is 0 Å². The van der Waals surface area contributed by atoms with E-state index in [1.54, 1.807) is 6.20 Å². The summed E-state index contributed by atoms with van der Waals surface area (Å²) in [5, 5.41) is 17.6. The van der Waals surface area contributed by atoms with E-state index in [4.69, 9.17) is 24.8 Å². The van der Waals surface area contributed by atoms with Gasteiger partial charge in [-0.25, -0.2) is 19.6 Å². The number of nitrogens with zero attached hydrogens (tertiary/aromatic N) is 5. The Labute approximate surface area is 211 Å². The molecule has 1 aliphatic rings. The largest absolute Gasteiger partial charge is 0.490 e. The zero-order valence-corrected chi connectivity index (χ0v) is 19.4. The Hall–Kier alpha value is -4.21. The molecule has 16 heteroatoms. The van der Waals surface area contributed by atoms with Crippen LogP contribution in [-0.4, -0.2) is 65.5 Å². The van der Waals surface area contributed by atoms with E-state index in [1.807, 2.05) is 36.7 Å². The lowest BCUT2D eigenvalue weighted by Crippen LogP contribution is -2.33. The number of aromatic nitrogens is 4. The quantitative estimate of drug-likeness (QED) is 0.409. The van der Waals surface area contributed by atoms with Crippen LogP contribution >= 0.6 is 0 Å². The van der Waals surface area contributed by atoms with Crippen LogP contribution in [0.5, 0.6) is 0 Å². The normalized spacial score (nSPS) is 13.2. The molecular weight excluding hydrogens is 526 g/mol. The van der Waals surface area contributed by atoms with Gasteiger partial charge in [-0.2, -0.15) is 26.3 Å². The van der Waals surface area contributed by atoms with Gasteiger partial charge in [-0.15, -0.1) is 0 Å². The van der Waals surface area contributed by atoms with Crippen molar-refractivity contribution in [3.63, 3.8) is 0 Å². The molecule has 0 amide bonds. The highest BCUT2D eigenvalue weighted by molar-refractivity contribution is 5.73. The second-order valence-electron chi connectivity index (χ2n) is 7.59. The molecule has 0 saturated carbocycles. The number of carboxylic acids is 2. The summed E-state index contributed by atoms with van der Waals surface area (Å²) in [6.45, 7) is 4.50. The molecule has 38 heavy (non-hydrogen) atoms. The number of hydrogen-bond acceptors (Lipinski definition) is 7. The molecule has 1 aliphatic heterocycles. The lowest BCUT2D eigenvalue weighted by Gasteiger charge is -2.27. The van der Waals surface area contributed by atoms with E-state index in [-0.39, 0.29) is 0 Å². The fourth-order valence-electron chi connectivity index (χ4n) is 2.98. The van der Waals surface area contributed by atoms with Crippen LogP contribution in [0.15, 0.2) is 55.1 Å². The second kappa shape index (κ2) is 13.4. The fourth-order valence-corrected chi connectivity index (χ4v) is 2.98. The topological polar surface area (TPSA) is 133 Å².